The lowest BCUT2D eigenvalue weighted by molar-refractivity contribution is 0.445. The molecule has 0 N–H and O–H groups in total. The third-order valence-corrected chi connectivity index (χ3v) is 13.9. The van der Waals surface area contributed by atoms with E-state index in [1.807, 2.05) is 97.1 Å². The van der Waals surface area contributed by atoms with Gasteiger partial charge >= 0.3 is 0 Å². The standard InChI is InChI=1S/C63H38N6O2/c1-4-16-39(17-5-1)42-28-31-51-48(34-42)49-36-44(29-32-52(49)67(51)45-37-58-60-59(38-45)71-57-27-15-13-25-55(57)68(60)54-24-12-14-26-56(54)70-58)43-30-33-53-47(35-43)46-22-10-11-23-50(46)69(53)63-65-61(40-18-6-2-7-19-40)64-62(66-63)41-20-8-3-9-21-41/h1-38H. The highest BCUT2D eigenvalue weighted by Crippen LogP contribution is 2.60. The number of ether oxygens (including phenoxy) is 2. The Hall–Kier alpha value is -9.79. The van der Waals surface area contributed by atoms with E-state index in [-0.39, 0.29) is 0 Å². The quantitative estimate of drug-likeness (QED) is 0.166. The summed E-state index contributed by atoms with van der Waals surface area (Å²) >= 11 is 0. The van der Waals surface area contributed by atoms with Crippen molar-refractivity contribution in [3.63, 3.8) is 0 Å². The maximum Gasteiger partial charge on any atom is 0.238 e. The topological polar surface area (TPSA) is 70.2 Å². The summed E-state index contributed by atoms with van der Waals surface area (Å²) in [5, 5.41) is 4.50. The van der Waals surface area contributed by atoms with Gasteiger partial charge in [-0.3, -0.25) is 9.47 Å². The van der Waals surface area contributed by atoms with Crippen LogP contribution in [0.1, 0.15) is 0 Å². The van der Waals surface area contributed by atoms with Crippen LogP contribution >= 0.6 is 0 Å². The molecular weight excluding hydrogens is 873 g/mol. The molecule has 2 aliphatic rings. The molecule has 0 radical (unpaired) electrons. The molecule has 332 valence electrons. The fourth-order valence-electron chi connectivity index (χ4n) is 10.7. The molecule has 0 amide bonds. The van der Waals surface area contributed by atoms with Crippen LogP contribution in [0, 0.1) is 0 Å². The van der Waals surface area contributed by atoms with Crippen molar-refractivity contribution in [2.24, 2.45) is 0 Å². The van der Waals surface area contributed by atoms with Gasteiger partial charge in [-0.05, 0) is 89.0 Å². The first-order chi connectivity index (χ1) is 35.2. The summed E-state index contributed by atoms with van der Waals surface area (Å²) in [5.74, 6) is 4.85. The first-order valence-corrected chi connectivity index (χ1v) is 23.8. The van der Waals surface area contributed by atoms with Crippen LogP contribution in [0.3, 0.4) is 0 Å². The summed E-state index contributed by atoms with van der Waals surface area (Å²) < 4.78 is 18.0. The Balaban J connectivity index is 0.913. The minimum atomic E-state index is 0.563. The fourth-order valence-corrected chi connectivity index (χ4v) is 10.7. The summed E-state index contributed by atoms with van der Waals surface area (Å²) in [7, 11) is 0. The van der Waals surface area contributed by atoms with Crippen molar-refractivity contribution >= 4 is 60.7 Å². The predicted molar refractivity (Wildman–Crippen MR) is 285 cm³/mol. The molecule has 0 unspecified atom stereocenters. The Morgan fingerprint density at radius 2 is 0.718 bits per heavy atom. The van der Waals surface area contributed by atoms with Gasteiger partial charge < -0.3 is 14.0 Å². The van der Waals surface area contributed by atoms with Crippen molar-refractivity contribution in [1.29, 1.82) is 0 Å². The van der Waals surface area contributed by atoms with Gasteiger partial charge in [-0.15, -0.1) is 0 Å². The first kappa shape index (κ1) is 39.2. The zero-order valence-corrected chi connectivity index (χ0v) is 37.9. The summed E-state index contributed by atoms with van der Waals surface area (Å²) in [4.78, 5) is 17.6. The highest BCUT2D eigenvalue weighted by molar-refractivity contribution is 6.13. The largest absolute Gasteiger partial charge is 0.453 e. The summed E-state index contributed by atoms with van der Waals surface area (Å²) in [5.41, 5.74) is 14.3. The van der Waals surface area contributed by atoms with Crippen LogP contribution in [0.2, 0.25) is 0 Å². The van der Waals surface area contributed by atoms with E-state index >= 15 is 0 Å². The van der Waals surface area contributed by atoms with E-state index in [9.17, 15) is 0 Å². The molecule has 0 atom stereocenters. The number of rotatable bonds is 6. The molecule has 0 bridgehead atoms. The second-order valence-corrected chi connectivity index (χ2v) is 18.0. The molecule has 71 heavy (non-hydrogen) atoms. The maximum atomic E-state index is 6.76. The van der Waals surface area contributed by atoms with Crippen LogP contribution in [0.5, 0.6) is 23.0 Å². The van der Waals surface area contributed by atoms with E-state index in [0.29, 0.717) is 17.6 Å². The van der Waals surface area contributed by atoms with Crippen LogP contribution < -0.4 is 14.4 Å². The Morgan fingerprint density at radius 1 is 0.296 bits per heavy atom. The van der Waals surface area contributed by atoms with E-state index in [2.05, 4.69) is 147 Å². The zero-order chi connectivity index (χ0) is 46.6. The molecule has 5 heterocycles. The zero-order valence-electron chi connectivity index (χ0n) is 37.9. The number of benzene rings is 10. The monoisotopic (exact) mass is 910 g/mol. The number of aromatic nitrogens is 5. The van der Waals surface area contributed by atoms with Gasteiger partial charge in [-0.1, -0.05) is 152 Å². The molecular formula is C63H38N6O2. The molecule has 2 aliphatic heterocycles. The normalized spacial score (nSPS) is 12.4. The lowest BCUT2D eigenvalue weighted by Gasteiger charge is -2.38. The highest BCUT2D eigenvalue weighted by Gasteiger charge is 2.35. The first-order valence-electron chi connectivity index (χ1n) is 23.8. The molecule has 8 heteroatoms. The van der Waals surface area contributed by atoms with E-state index in [1.54, 1.807) is 0 Å². The van der Waals surface area contributed by atoms with Gasteiger partial charge in [0.1, 0.15) is 5.69 Å². The molecule has 0 saturated heterocycles. The van der Waals surface area contributed by atoms with Crippen LogP contribution in [-0.2, 0) is 0 Å². The Kier molecular flexibility index (Phi) is 8.49. The molecule has 15 rings (SSSR count). The van der Waals surface area contributed by atoms with Gasteiger partial charge in [-0.25, -0.2) is 4.98 Å². The summed E-state index contributed by atoms with van der Waals surface area (Å²) in [6.45, 7) is 0. The van der Waals surface area contributed by atoms with Crippen molar-refractivity contribution in [2.45, 2.75) is 0 Å². The van der Waals surface area contributed by atoms with Gasteiger partial charge in [0, 0.05) is 44.8 Å². The number of hydrogen-bond donors (Lipinski definition) is 0. The van der Waals surface area contributed by atoms with Gasteiger partial charge in [0.25, 0.3) is 0 Å². The lowest BCUT2D eigenvalue weighted by Crippen LogP contribution is -2.20. The van der Waals surface area contributed by atoms with Crippen LogP contribution in [0.4, 0.5) is 17.1 Å². The smallest absolute Gasteiger partial charge is 0.238 e. The fraction of sp³-hybridized carbons (Fsp3) is 0. The van der Waals surface area contributed by atoms with E-state index in [1.165, 1.54) is 0 Å². The van der Waals surface area contributed by atoms with Gasteiger partial charge in [0.2, 0.25) is 5.95 Å². The van der Waals surface area contributed by atoms with Gasteiger partial charge in [0.15, 0.2) is 34.6 Å². The number of hydrogen-bond acceptors (Lipinski definition) is 6. The molecule has 0 spiro atoms. The van der Waals surface area contributed by atoms with Gasteiger partial charge in [-0.2, -0.15) is 9.97 Å². The molecule has 0 fully saturated rings. The highest BCUT2D eigenvalue weighted by atomic mass is 16.5. The summed E-state index contributed by atoms with van der Waals surface area (Å²) in [6, 6.07) is 80.4. The number of fused-ring (bicyclic) bond motifs is 10. The van der Waals surface area contributed by atoms with Crippen molar-refractivity contribution in [2.75, 3.05) is 4.90 Å². The second kappa shape index (κ2) is 15.4. The molecule has 10 aromatic carbocycles. The summed E-state index contributed by atoms with van der Waals surface area (Å²) in [6.07, 6.45) is 0. The minimum absolute atomic E-state index is 0.563. The minimum Gasteiger partial charge on any atom is -0.453 e. The Morgan fingerprint density at radius 3 is 1.27 bits per heavy atom. The third kappa shape index (κ3) is 6.14. The molecule has 13 aromatic rings. The Labute approximate surface area is 407 Å². The predicted octanol–water partition coefficient (Wildman–Crippen LogP) is 16.4. The van der Waals surface area contributed by atoms with Crippen LogP contribution in [0.25, 0.3) is 100 Å². The van der Waals surface area contributed by atoms with Crippen molar-refractivity contribution in [1.82, 2.24) is 24.1 Å². The van der Waals surface area contributed by atoms with E-state index < -0.39 is 0 Å². The van der Waals surface area contributed by atoms with Crippen molar-refractivity contribution in [3.05, 3.63) is 231 Å². The third-order valence-electron chi connectivity index (χ3n) is 13.9. The SMILES string of the molecule is c1ccc(-c2ccc3c(c2)c2cc(-c4ccc5c(c4)c4ccccc4n5-c4nc(-c5ccccc5)nc(-c5ccccc5)n4)ccc2n3-c2cc3c4c(c2)Oc2ccccc2N4c2ccccc2O3)cc1. The van der Waals surface area contributed by atoms with Gasteiger partial charge in [0.05, 0.1) is 39.1 Å². The average molecular weight is 911 g/mol. The average Bonchev–Trinajstić information content (AvgIpc) is 3.95. The molecule has 8 nitrogen and oxygen atoms in total. The van der Waals surface area contributed by atoms with Crippen molar-refractivity contribution in [3.8, 4) is 79.7 Å². The van der Waals surface area contributed by atoms with E-state index in [0.717, 1.165) is 123 Å². The number of para-hydroxylation sites is 5. The van der Waals surface area contributed by atoms with Crippen molar-refractivity contribution < 1.29 is 9.47 Å². The molecule has 0 aliphatic carbocycles. The molecule has 0 saturated carbocycles. The maximum absolute atomic E-state index is 6.76. The molecule has 3 aromatic heterocycles. The number of anilines is 3. The Bertz CT molecular complexity index is 4170. The van der Waals surface area contributed by atoms with Crippen LogP contribution in [-0.4, -0.2) is 24.1 Å². The lowest BCUT2D eigenvalue weighted by atomic mass is 9.99. The van der Waals surface area contributed by atoms with Crippen LogP contribution in [0.15, 0.2) is 231 Å². The van der Waals surface area contributed by atoms with E-state index in [4.69, 9.17) is 24.4 Å². The second-order valence-electron chi connectivity index (χ2n) is 18.0. The number of nitrogens with zero attached hydrogens (tertiary/aromatic N) is 6.